The normalized spacial score (nSPS) is 11.7. The summed E-state index contributed by atoms with van der Waals surface area (Å²) in [5, 5.41) is 2.67. The Balaban J connectivity index is 2.53. The molecule has 0 saturated carbocycles. The van der Waals surface area contributed by atoms with Crippen LogP contribution < -0.4 is 5.32 Å². The molecule has 1 aromatic carbocycles. The standard InChI is InChI=1S/C13H16BrNO3/c1-3-8-15-12(16)9(2)18-13(17)10-4-6-11(14)7-5-10/h4-7,9H,3,8H2,1-2H3,(H,15,16). The average Bonchev–Trinajstić information content (AvgIpc) is 2.36. The summed E-state index contributed by atoms with van der Waals surface area (Å²) in [6.07, 6.45) is 0.0618. The molecule has 0 fully saturated rings. The van der Waals surface area contributed by atoms with E-state index in [2.05, 4.69) is 21.2 Å². The molecule has 4 nitrogen and oxygen atoms in total. The molecule has 1 rings (SSSR count). The minimum atomic E-state index is -0.785. The molecule has 1 atom stereocenters. The number of hydrogen-bond acceptors (Lipinski definition) is 3. The third-order valence-electron chi connectivity index (χ3n) is 2.28. The number of rotatable bonds is 5. The minimum absolute atomic E-state index is 0.276. The summed E-state index contributed by atoms with van der Waals surface area (Å²) < 4.78 is 5.95. The second-order valence-electron chi connectivity index (χ2n) is 3.85. The van der Waals surface area contributed by atoms with Crippen LogP contribution in [0.2, 0.25) is 0 Å². The molecule has 0 aliphatic heterocycles. The Labute approximate surface area is 115 Å². The Kier molecular flexibility index (Phi) is 5.85. The van der Waals surface area contributed by atoms with Crippen LogP contribution in [0, 0.1) is 0 Å². The van der Waals surface area contributed by atoms with E-state index in [1.807, 2.05) is 6.92 Å². The van der Waals surface area contributed by atoms with E-state index in [4.69, 9.17) is 4.74 Å². The lowest BCUT2D eigenvalue weighted by Crippen LogP contribution is -2.36. The summed E-state index contributed by atoms with van der Waals surface area (Å²) in [5.41, 5.74) is 0.424. The molecule has 0 saturated heterocycles. The van der Waals surface area contributed by atoms with E-state index >= 15 is 0 Å². The number of benzene rings is 1. The molecule has 0 aromatic heterocycles. The first-order chi connectivity index (χ1) is 8.54. The smallest absolute Gasteiger partial charge is 0.338 e. The Morgan fingerprint density at radius 3 is 2.50 bits per heavy atom. The van der Waals surface area contributed by atoms with Crippen molar-refractivity contribution in [3.8, 4) is 0 Å². The zero-order chi connectivity index (χ0) is 13.5. The van der Waals surface area contributed by atoms with Crippen molar-refractivity contribution in [2.45, 2.75) is 26.4 Å². The molecular formula is C13H16BrNO3. The Morgan fingerprint density at radius 2 is 1.94 bits per heavy atom. The van der Waals surface area contributed by atoms with E-state index in [1.165, 1.54) is 0 Å². The fraction of sp³-hybridized carbons (Fsp3) is 0.385. The van der Waals surface area contributed by atoms with Gasteiger partial charge >= 0.3 is 5.97 Å². The lowest BCUT2D eigenvalue weighted by Gasteiger charge is -2.13. The topological polar surface area (TPSA) is 55.4 Å². The first kappa shape index (κ1) is 14.7. The second kappa shape index (κ2) is 7.16. The maximum atomic E-state index is 11.7. The van der Waals surface area contributed by atoms with Gasteiger partial charge in [0.25, 0.3) is 5.91 Å². The number of hydrogen-bond donors (Lipinski definition) is 1. The third-order valence-corrected chi connectivity index (χ3v) is 2.81. The Morgan fingerprint density at radius 1 is 1.33 bits per heavy atom. The zero-order valence-corrected chi connectivity index (χ0v) is 12.0. The quantitative estimate of drug-likeness (QED) is 0.850. The van der Waals surface area contributed by atoms with Crippen LogP contribution in [0.5, 0.6) is 0 Å². The molecule has 18 heavy (non-hydrogen) atoms. The number of amides is 1. The fourth-order valence-corrected chi connectivity index (χ4v) is 1.52. The monoisotopic (exact) mass is 313 g/mol. The summed E-state index contributed by atoms with van der Waals surface area (Å²) in [5.74, 6) is -0.774. The van der Waals surface area contributed by atoms with E-state index in [9.17, 15) is 9.59 Å². The molecule has 0 aliphatic rings. The minimum Gasteiger partial charge on any atom is -0.449 e. The van der Waals surface area contributed by atoms with Gasteiger partial charge in [0.1, 0.15) is 0 Å². The van der Waals surface area contributed by atoms with Crippen molar-refractivity contribution in [1.29, 1.82) is 0 Å². The van der Waals surface area contributed by atoms with Gasteiger partial charge in [-0.05, 0) is 37.6 Å². The van der Waals surface area contributed by atoms with Crippen molar-refractivity contribution in [1.82, 2.24) is 5.32 Å². The largest absolute Gasteiger partial charge is 0.449 e. The van der Waals surface area contributed by atoms with Crippen LogP contribution in [0.25, 0.3) is 0 Å². The molecule has 0 radical (unpaired) electrons. The summed E-state index contributed by atoms with van der Waals surface area (Å²) in [6.45, 7) is 4.10. The Bertz CT molecular complexity index is 417. The summed E-state index contributed by atoms with van der Waals surface area (Å²) in [7, 11) is 0. The number of esters is 1. The molecule has 0 heterocycles. The highest BCUT2D eigenvalue weighted by Gasteiger charge is 2.18. The lowest BCUT2D eigenvalue weighted by molar-refractivity contribution is -0.129. The highest BCUT2D eigenvalue weighted by Crippen LogP contribution is 2.12. The van der Waals surface area contributed by atoms with Crippen molar-refractivity contribution < 1.29 is 14.3 Å². The number of nitrogens with one attached hydrogen (secondary N) is 1. The summed E-state index contributed by atoms with van der Waals surface area (Å²) in [6, 6.07) is 6.78. The molecule has 0 spiro atoms. The molecule has 5 heteroatoms. The van der Waals surface area contributed by atoms with E-state index in [0.29, 0.717) is 12.1 Å². The van der Waals surface area contributed by atoms with Gasteiger partial charge in [0.2, 0.25) is 0 Å². The predicted molar refractivity (Wildman–Crippen MR) is 72.3 cm³/mol. The lowest BCUT2D eigenvalue weighted by atomic mass is 10.2. The van der Waals surface area contributed by atoms with Gasteiger partial charge in [0.15, 0.2) is 6.10 Å². The number of carbonyl (C=O) groups is 2. The van der Waals surface area contributed by atoms with E-state index < -0.39 is 12.1 Å². The third kappa shape index (κ3) is 4.49. The number of ether oxygens (including phenoxy) is 1. The van der Waals surface area contributed by atoms with Gasteiger partial charge in [-0.15, -0.1) is 0 Å². The van der Waals surface area contributed by atoms with Gasteiger partial charge < -0.3 is 10.1 Å². The van der Waals surface area contributed by atoms with Crippen LogP contribution in [0.15, 0.2) is 28.7 Å². The molecule has 0 aliphatic carbocycles. The molecule has 1 amide bonds. The van der Waals surface area contributed by atoms with Crippen molar-refractivity contribution >= 4 is 27.8 Å². The molecule has 1 aromatic rings. The number of carbonyl (C=O) groups excluding carboxylic acids is 2. The average molecular weight is 314 g/mol. The van der Waals surface area contributed by atoms with Gasteiger partial charge in [0.05, 0.1) is 5.56 Å². The van der Waals surface area contributed by atoms with Crippen LogP contribution in [0.4, 0.5) is 0 Å². The summed E-state index contributed by atoms with van der Waals surface area (Å²) in [4.78, 5) is 23.3. The van der Waals surface area contributed by atoms with Crippen LogP contribution >= 0.6 is 15.9 Å². The molecule has 98 valence electrons. The van der Waals surface area contributed by atoms with E-state index in [-0.39, 0.29) is 5.91 Å². The van der Waals surface area contributed by atoms with Crippen molar-refractivity contribution in [3.05, 3.63) is 34.3 Å². The van der Waals surface area contributed by atoms with E-state index in [1.54, 1.807) is 31.2 Å². The first-order valence-corrected chi connectivity index (χ1v) is 6.58. The maximum absolute atomic E-state index is 11.7. The van der Waals surface area contributed by atoms with Gasteiger partial charge in [-0.3, -0.25) is 4.79 Å². The van der Waals surface area contributed by atoms with Gasteiger partial charge in [-0.1, -0.05) is 22.9 Å². The van der Waals surface area contributed by atoms with Crippen molar-refractivity contribution in [2.24, 2.45) is 0 Å². The highest BCUT2D eigenvalue weighted by molar-refractivity contribution is 9.10. The van der Waals surface area contributed by atoms with Crippen LogP contribution in [0.3, 0.4) is 0 Å². The number of halogens is 1. The highest BCUT2D eigenvalue weighted by atomic mass is 79.9. The molecule has 1 unspecified atom stereocenters. The van der Waals surface area contributed by atoms with Gasteiger partial charge in [-0.2, -0.15) is 0 Å². The van der Waals surface area contributed by atoms with Crippen molar-refractivity contribution in [2.75, 3.05) is 6.54 Å². The van der Waals surface area contributed by atoms with Gasteiger partial charge in [-0.25, -0.2) is 4.79 Å². The van der Waals surface area contributed by atoms with Crippen molar-refractivity contribution in [3.63, 3.8) is 0 Å². The zero-order valence-electron chi connectivity index (χ0n) is 10.4. The van der Waals surface area contributed by atoms with Crippen LogP contribution in [0.1, 0.15) is 30.6 Å². The molecule has 0 bridgehead atoms. The molecular weight excluding hydrogens is 298 g/mol. The van der Waals surface area contributed by atoms with E-state index in [0.717, 1.165) is 10.9 Å². The molecule has 1 N–H and O–H groups in total. The van der Waals surface area contributed by atoms with Crippen LogP contribution in [-0.2, 0) is 9.53 Å². The maximum Gasteiger partial charge on any atom is 0.338 e. The first-order valence-electron chi connectivity index (χ1n) is 5.79. The predicted octanol–water partition coefficient (Wildman–Crippen LogP) is 2.52. The summed E-state index contributed by atoms with van der Waals surface area (Å²) >= 11 is 3.28. The fourth-order valence-electron chi connectivity index (χ4n) is 1.26. The SMILES string of the molecule is CCCNC(=O)C(C)OC(=O)c1ccc(Br)cc1. The van der Waals surface area contributed by atoms with Crippen LogP contribution in [-0.4, -0.2) is 24.5 Å². The van der Waals surface area contributed by atoms with Gasteiger partial charge in [0, 0.05) is 11.0 Å². The second-order valence-corrected chi connectivity index (χ2v) is 4.76. The Hall–Kier alpha value is -1.36.